The summed E-state index contributed by atoms with van der Waals surface area (Å²) < 4.78 is 1.52. The van der Waals surface area contributed by atoms with Gasteiger partial charge < -0.3 is 5.32 Å². The van der Waals surface area contributed by atoms with Gasteiger partial charge in [0, 0.05) is 5.02 Å². The molecule has 0 saturated carbocycles. The average Bonchev–Trinajstić information content (AvgIpc) is 3.02. The molecule has 0 saturated heterocycles. The molecule has 1 amide bonds. The summed E-state index contributed by atoms with van der Waals surface area (Å²) in [6, 6.07) is 14.2. The van der Waals surface area contributed by atoms with Crippen LogP contribution in [0.1, 0.15) is 10.6 Å². The first kappa shape index (κ1) is 14.6. The summed E-state index contributed by atoms with van der Waals surface area (Å²) in [4.78, 5) is 16.2. The Kier molecular flexibility index (Phi) is 4.09. The van der Waals surface area contributed by atoms with Crippen LogP contribution < -0.4 is 5.32 Å². The van der Waals surface area contributed by atoms with Crippen LogP contribution >= 0.6 is 23.2 Å². The zero-order valence-corrected chi connectivity index (χ0v) is 12.7. The van der Waals surface area contributed by atoms with E-state index in [1.54, 1.807) is 18.2 Å². The minimum atomic E-state index is -0.459. The van der Waals surface area contributed by atoms with Crippen molar-refractivity contribution in [2.24, 2.45) is 0 Å². The molecule has 110 valence electrons. The first-order chi connectivity index (χ1) is 10.6. The van der Waals surface area contributed by atoms with Gasteiger partial charge in [0.1, 0.15) is 6.33 Å². The van der Waals surface area contributed by atoms with E-state index in [4.69, 9.17) is 23.2 Å². The second kappa shape index (κ2) is 6.17. The molecule has 22 heavy (non-hydrogen) atoms. The van der Waals surface area contributed by atoms with Crippen molar-refractivity contribution >= 4 is 34.8 Å². The lowest BCUT2D eigenvalue weighted by atomic mass is 10.3. The molecule has 0 bridgehead atoms. The van der Waals surface area contributed by atoms with Crippen molar-refractivity contribution in [1.29, 1.82) is 0 Å². The molecule has 0 aliphatic carbocycles. The second-order valence-electron chi connectivity index (χ2n) is 4.43. The number of hydrogen-bond donors (Lipinski definition) is 1. The van der Waals surface area contributed by atoms with Gasteiger partial charge in [0.2, 0.25) is 5.82 Å². The van der Waals surface area contributed by atoms with Gasteiger partial charge in [0.05, 0.1) is 16.4 Å². The highest BCUT2D eigenvalue weighted by molar-refractivity contribution is 6.35. The summed E-state index contributed by atoms with van der Waals surface area (Å²) in [5.41, 5.74) is 1.23. The van der Waals surface area contributed by atoms with Gasteiger partial charge in [-0.1, -0.05) is 41.4 Å². The smallest absolute Gasteiger partial charge is 0.295 e. The molecule has 5 nitrogen and oxygen atoms in total. The van der Waals surface area contributed by atoms with Crippen molar-refractivity contribution in [2.45, 2.75) is 0 Å². The van der Waals surface area contributed by atoms with Gasteiger partial charge in [-0.15, -0.1) is 5.10 Å². The van der Waals surface area contributed by atoms with Crippen LogP contribution in [0, 0.1) is 0 Å². The summed E-state index contributed by atoms with van der Waals surface area (Å²) in [6.07, 6.45) is 1.48. The Morgan fingerprint density at radius 3 is 2.64 bits per heavy atom. The molecule has 0 fully saturated rings. The summed E-state index contributed by atoms with van der Waals surface area (Å²) >= 11 is 11.9. The van der Waals surface area contributed by atoms with E-state index < -0.39 is 5.91 Å². The quantitative estimate of drug-likeness (QED) is 0.792. The molecule has 0 aliphatic rings. The van der Waals surface area contributed by atoms with Crippen LogP contribution in [0.25, 0.3) is 5.69 Å². The molecular weight excluding hydrogens is 323 g/mol. The van der Waals surface area contributed by atoms with Crippen LogP contribution in [0.2, 0.25) is 10.0 Å². The van der Waals surface area contributed by atoms with Gasteiger partial charge in [0.15, 0.2) is 0 Å². The van der Waals surface area contributed by atoms with Crippen LogP contribution in [-0.4, -0.2) is 20.7 Å². The molecule has 1 N–H and O–H groups in total. The van der Waals surface area contributed by atoms with Crippen LogP contribution in [-0.2, 0) is 0 Å². The van der Waals surface area contributed by atoms with Gasteiger partial charge in [-0.25, -0.2) is 9.67 Å². The van der Waals surface area contributed by atoms with E-state index in [9.17, 15) is 4.79 Å². The molecule has 3 aromatic rings. The first-order valence-corrected chi connectivity index (χ1v) is 7.12. The predicted octanol–water partition coefficient (Wildman–Crippen LogP) is 3.83. The van der Waals surface area contributed by atoms with Gasteiger partial charge >= 0.3 is 0 Å². The average molecular weight is 333 g/mol. The Labute approximate surface area is 136 Å². The normalized spacial score (nSPS) is 10.5. The number of aromatic nitrogens is 3. The van der Waals surface area contributed by atoms with E-state index >= 15 is 0 Å². The summed E-state index contributed by atoms with van der Waals surface area (Å²) in [5.74, 6) is -0.418. The number of carbonyl (C=O) groups is 1. The van der Waals surface area contributed by atoms with E-state index in [0.717, 1.165) is 5.69 Å². The molecule has 2 aromatic carbocycles. The lowest BCUT2D eigenvalue weighted by molar-refractivity contribution is 0.101. The van der Waals surface area contributed by atoms with Crippen molar-refractivity contribution < 1.29 is 4.79 Å². The van der Waals surface area contributed by atoms with E-state index in [1.807, 2.05) is 30.3 Å². The van der Waals surface area contributed by atoms with Gasteiger partial charge in [-0.05, 0) is 30.3 Å². The number of halogens is 2. The standard InChI is InChI=1S/C15H10Cl2N4O/c16-10-6-7-12(17)13(8-10)19-15(22)14-18-9-21(20-14)11-4-2-1-3-5-11/h1-9H,(H,19,22). The summed E-state index contributed by atoms with van der Waals surface area (Å²) in [7, 11) is 0. The number of para-hydroxylation sites is 1. The number of hydrogen-bond acceptors (Lipinski definition) is 3. The fourth-order valence-corrected chi connectivity index (χ4v) is 2.18. The molecule has 0 atom stereocenters. The topological polar surface area (TPSA) is 59.8 Å². The Morgan fingerprint density at radius 2 is 1.86 bits per heavy atom. The maximum atomic E-state index is 12.2. The molecular formula is C15H10Cl2N4O. The number of anilines is 1. The lowest BCUT2D eigenvalue weighted by Gasteiger charge is -2.05. The van der Waals surface area contributed by atoms with Crippen molar-refractivity contribution in [3.63, 3.8) is 0 Å². The SMILES string of the molecule is O=C(Nc1cc(Cl)ccc1Cl)c1ncn(-c2ccccc2)n1. The van der Waals surface area contributed by atoms with Crippen LogP contribution in [0.4, 0.5) is 5.69 Å². The van der Waals surface area contributed by atoms with Gasteiger partial charge in [-0.3, -0.25) is 4.79 Å². The third-order valence-electron chi connectivity index (χ3n) is 2.89. The number of benzene rings is 2. The predicted molar refractivity (Wildman–Crippen MR) is 85.8 cm³/mol. The Hall–Kier alpha value is -2.37. The Morgan fingerprint density at radius 1 is 1.09 bits per heavy atom. The number of rotatable bonds is 3. The number of nitrogens with zero attached hydrogens (tertiary/aromatic N) is 3. The molecule has 0 unspecified atom stereocenters. The van der Waals surface area contributed by atoms with Crippen LogP contribution in [0.3, 0.4) is 0 Å². The zero-order chi connectivity index (χ0) is 15.5. The molecule has 1 aromatic heterocycles. The fourth-order valence-electron chi connectivity index (χ4n) is 1.84. The molecule has 0 aliphatic heterocycles. The van der Waals surface area contributed by atoms with Crippen LogP contribution in [0.15, 0.2) is 54.9 Å². The fraction of sp³-hybridized carbons (Fsp3) is 0. The number of nitrogens with one attached hydrogen (secondary N) is 1. The van der Waals surface area contributed by atoms with Gasteiger partial charge in [0.25, 0.3) is 5.91 Å². The van der Waals surface area contributed by atoms with Crippen molar-refractivity contribution in [2.75, 3.05) is 5.32 Å². The molecule has 1 heterocycles. The molecule has 0 spiro atoms. The number of carbonyl (C=O) groups excluding carboxylic acids is 1. The Bertz CT molecular complexity index is 817. The highest BCUT2D eigenvalue weighted by Crippen LogP contribution is 2.25. The third-order valence-corrected chi connectivity index (χ3v) is 3.46. The number of amides is 1. The first-order valence-electron chi connectivity index (χ1n) is 6.37. The minimum Gasteiger partial charge on any atom is -0.318 e. The van der Waals surface area contributed by atoms with E-state index in [-0.39, 0.29) is 5.82 Å². The van der Waals surface area contributed by atoms with E-state index in [0.29, 0.717) is 15.7 Å². The minimum absolute atomic E-state index is 0.0416. The maximum absolute atomic E-state index is 12.2. The van der Waals surface area contributed by atoms with Crippen molar-refractivity contribution in [1.82, 2.24) is 14.8 Å². The van der Waals surface area contributed by atoms with E-state index in [2.05, 4.69) is 15.4 Å². The van der Waals surface area contributed by atoms with E-state index in [1.165, 1.54) is 11.0 Å². The van der Waals surface area contributed by atoms with Gasteiger partial charge in [-0.2, -0.15) is 0 Å². The lowest BCUT2D eigenvalue weighted by Crippen LogP contribution is -2.14. The summed E-state index contributed by atoms with van der Waals surface area (Å²) in [6.45, 7) is 0. The highest BCUT2D eigenvalue weighted by atomic mass is 35.5. The van der Waals surface area contributed by atoms with Crippen molar-refractivity contribution in [3.8, 4) is 5.69 Å². The monoisotopic (exact) mass is 332 g/mol. The van der Waals surface area contributed by atoms with Crippen LogP contribution in [0.5, 0.6) is 0 Å². The summed E-state index contributed by atoms with van der Waals surface area (Å²) in [5, 5.41) is 7.65. The zero-order valence-electron chi connectivity index (χ0n) is 11.2. The largest absolute Gasteiger partial charge is 0.318 e. The van der Waals surface area contributed by atoms with Crippen molar-refractivity contribution in [3.05, 3.63) is 70.7 Å². The third kappa shape index (κ3) is 3.10. The molecule has 0 radical (unpaired) electrons. The molecule has 3 rings (SSSR count). The second-order valence-corrected chi connectivity index (χ2v) is 5.27. The maximum Gasteiger partial charge on any atom is 0.295 e. The molecule has 7 heteroatoms. The Balaban J connectivity index is 1.81. The highest BCUT2D eigenvalue weighted by Gasteiger charge is 2.14.